The van der Waals surface area contributed by atoms with Crippen LogP contribution in [0.25, 0.3) is 0 Å². The molecule has 0 aromatic heterocycles. The fraction of sp³-hybridized carbons (Fsp3) is 1.00. The third-order valence-corrected chi connectivity index (χ3v) is 4.13. The molecule has 15 heavy (non-hydrogen) atoms. The van der Waals surface area contributed by atoms with E-state index >= 15 is 0 Å². The summed E-state index contributed by atoms with van der Waals surface area (Å²) in [6, 6.07) is 0.601. The molecule has 0 aromatic rings. The molecule has 1 N–H and O–H groups in total. The smallest absolute Gasteiger partial charge is 0.0835 e. The molecule has 0 aromatic carbocycles. The normalized spacial score (nSPS) is 32.2. The molecule has 0 radical (unpaired) electrons. The van der Waals surface area contributed by atoms with Gasteiger partial charge in [-0.25, -0.2) is 0 Å². The zero-order chi connectivity index (χ0) is 10.6. The molecule has 2 aliphatic rings. The minimum Gasteiger partial charge on any atom is -0.372 e. The molecule has 1 saturated heterocycles. The highest BCUT2D eigenvalue weighted by molar-refractivity contribution is 4.95. The maximum atomic E-state index is 6.18. The van der Waals surface area contributed by atoms with Crippen LogP contribution in [0.2, 0.25) is 0 Å². The van der Waals surface area contributed by atoms with Crippen molar-refractivity contribution in [3.05, 3.63) is 0 Å². The van der Waals surface area contributed by atoms with Crippen molar-refractivity contribution in [2.45, 2.75) is 69.9 Å². The van der Waals surface area contributed by atoms with Gasteiger partial charge in [-0.3, -0.25) is 0 Å². The molecule has 2 fully saturated rings. The molecule has 1 aliphatic carbocycles. The summed E-state index contributed by atoms with van der Waals surface area (Å²) < 4.78 is 6.18. The lowest BCUT2D eigenvalue weighted by atomic mass is 9.79. The van der Waals surface area contributed by atoms with Gasteiger partial charge in [0.15, 0.2) is 0 Å². The molecule has 1 saturated carbocycles. The van der Waals surface area contributed by atoms with E-state index in [4.69, 9.17) is 4.74 Å². The van der Waals surface area contributed by atoms with Crippen LogP contribution in [0, 0.1) is 0 Å². The zero-order valence-corrected chi connectivity index (χ0v) is 10.1. The molecule has 1 atom stereocenters. The second-order valence-corrected chi connectivity index (χ2v) is 5.10. The van der Waals surface area contributed by atoms with Gasteiger partial charge in [-0.1, -0.05) is 39.0 Å². The van der Waals surface area contributed by atoms with Crippen molar-refractivity contribution in [2.75, 3.05) is 13.2 Å². The van der Waals surface area contributed by atoms with Gasteiger partial charge in [0.1, 0.15) is 0 Å². The fourth-order valence-corrected chi connectivity index (χ4v) is 3.29. The van der Waals surface area contributed by atoms with Crippen LogP contribution < -0.4 is 5.32 Å². The second kappa shape index (κ2) is 5.31. The van der Waals surface area contributed by atoms with E-state index in [1.165, 1.54) is 51.4 Å². The summed E-state index contributed by atoms with van der Waals surface area (Å²) in [4.78, 5) is 0. The number of morpholine rings is 1. The molecule has 2 rings (SSSR count). The van der Waals surface area contributed by atoms with Crippen LogP contribution in [0.1, 0.15) is 58.3 Å². The van der Waals surface area contributed by atoms with Crippen LogP contribution in [0.5, 0.6) is 0 Å². The second-order valence-electron chi connectivity index (χ2n) is 5.10. The molecule has 2 heteroatoms. The number of hydrogen-bond acceptors (Lipinski definition) is 2. The summed E-state index contributed by atoms with van der Waals surface area (Å²) in [5.74, 6) is 0. The summed E-state index contributed by atoms with van der Waals surface area (Å²) in [6.45, 7) is 4.24. The maximum Gasteiger partial charge on any atom is 0.0835 e. The minimum atomic E-state index is 0.188. The van der Waals surface area contributed by atoms with Crippen LogP contribution in [-0.2, 0) is 4.74 Å². The maximum absolute atomic E-state index is 6.18. The van der Waals surface area contributed by atoms with Crippen LogP contribution in [0.3, 0.4) is 0 Å². The molecular formula is C13H25NO. The monoisotopic (exact) mass is 211 g/mol. The summed E-state index contributed by atoms with van der Waals surface area (Å²) >= 11 is 0. The minimum absolute atomic E-state index is 0.188. The van der Waals surface area contributed by atoms with E-state index in [9.17, 15) is 0 Å². The zero-order valence-electron chi connectivity index (χ0n) is 10.1. The van der Waals surface area contributed by atoms with Gasteiger partial charge in [0.2, 0.25) is 0 Å². The summed E-state index contributed by atoms with van der Waals surface area (Å²) in [7, 11) is 0. The van der Waals surface area contributed by atoms with E-state index in [-0.39, 0.29) is 5.60 Å². The van der Waals surface area contributed by atoms with Crippen LogP contribution in [0.15, 0.2) is 0 Å². The van der Waals surface area contributed by atoms with Crippen LogP contribution in [0.4, 0.5) is 0 Å². The number of rotatable bonds is 1. The number of ether oxygens (including phenoxy) is 1. The molecule has 1 unspecified atom stereocenters. The first kappa shape index (κ1) is 11.4. The fourth-order valence-electron chi connectivity index (χ4n) is 3.29. The Labute approximate surface area is 93.8 Å². The molecule has 0 bridgehead atoms. The highest BCUT2D eigenvalue weighted by atomic mass is 16.5. The topological polar surface area (TPSA) is 21.3 Å². The van der Waals surface area contributed by atoms with E-state index in [0.29, 0.717) is 6.04 Å². The van der Waals surface area contributed by atoms with E-state index in [1.54, 1.807) is 0 Å². The summed E-state index contributed by atoms with van der Waals surface area (Å²) in [6.07, 6.45) is 10.7. The summed E-state index contributed by atoms with van der Waals surface area (Å²) in [5.41, 5.74) is 0.188. The van der Waals surface area contributed by atoms with Crippen molar-refractivity contribution in [2.24, 2.45) is 0 Å². The van der Waals surface area contributed by atoms with Gasteiger partial charge in [-0.05, 0) is 19.3 Å². The number of hydrogen-bond donors (Lipinski definition) is 1. The molecule has 1 aliphatic heterocycles. The highest BCUT2D eigenvalue weighted by Crippen LogP contribution is 2.35. The van der Waals surface area contributed by atoms with Crippen molar-refractivity contribution >= 4 is 0 Å². The van der Waals surface area contributed by atoms with E-state index in [1.807, 2.05) is 0 Å². The quantitative estimate of drug-likeness (QED) is 0.720. The van der Waals surface area contributed by atoms with Gasteiger partial charge in [-0.15, -0.1) is 0 Å². The third kappa shape index (κ3) is 2.54. The van der Waals surface area contributed by atoms with Gasteiger partial charge in [0.25, 0.3) is 0 Å². The van der Waals surface area contributed by atoms with Crippen molar-refractivity contribution < 1.29 is 4.74 Å². The molecular weight excluding hydrogens is 186 g/mol. The van der Waals surface area contributed by atoms with Gasteiger partial charge < -0.3 is 10.1 Å². The lowest BCUT2D eigenvalue weighted by molar-refractivity contribution is -0.112. The SMILES string of the molecule is CCC1NCCOC12CCCCCCC2. The van der Waals surface area contributed by atoms with Crippen molar-refractivity contribution in [3.8, 4) is 0 Å². The highest BCUT2D eigenvalue weighted by Gasteiger charge is 2.40. The van der Waals surface area contributed by atoms with Crippen molar-refractivity contribution in [1.82, 2.24) is 5.32 Å². The van der Waals surface area contributed by atoms with E-state index in [2.05, 4.69) is 12.2 Å². The molecule has 1 spiro atoms. The Kier molecular flexibility index (Phi) is 4.04. The lowest BCUT2D eigenvalue weighted by Crippen LogP contribution is -2.57. The van der Waals surface area contributed by atoms with Gasteiger partial charge in [-0.2, -0.15) is 0 Å². The Morgan fingerprint density at radius 1 is 1.13 bits per heavy atom. The molecule has 2 nitrogen and oxygen atoms in total. The van der Waals surface area contributed by atoms with Gasteiger partial charge in [0, 0.05) is 12.6 Å². The van der Waals surface area contributed by atoms with Crippen LogP contribution >= 0.6 is 0 Å². The number of nitrogens with one attached hydrogen (secondary N) is 1. The molecule has 1 heterocycles. The van der Waals surface area contributed by atoms with Crippen molar-refractivity contribution in [3.63, 3.8) is 0 Å². The molecule has 88 valence electrons. The van der Waals surface area contributed by atoms with Crippen molar-refractivity contribution in [1.29, 1.82) is 0 Å². The van der Waals surface area contributed by atoms with Crippen LogP contribution in [-0.4, -0.2) is 24.8 Å². The standard InChI is InChI=1S/C13H25NO/c1-2-12-13(15-11-10-14-12)8-6-4-3-5-7-9-13/h12,14H,2-11H2,1H3. The Hall–Kier alpha value is -0.0800. The Morgan fingerprint density at radius 2 is 1.80 bits per heavy atom. The van der Waals surface area contributed by atoms with E-state index < -0.39 is 0 Å². The Bertz CT molecular complexity index is 185. The molecule has 0 amide bonds. The lowest BCUT2D eigenvalue weighted by Gasteiger charge is -2.45. The van der Waals surface area contributed by atoms with Gasteiger partial charge in [0.05, 0.1) is 12.2 Å². The third-order valence-electron chi connectivity index (χ3n) is 4.13. The first-order valence-corrected chi connectivity index (χ1v) is 6.75. The van der Waals surface area contributed by atoms with Gasteiger partial charge >= 0.3 is 0 Å². The predicted molar refractivity (Wildman–Crippen MR) is 63.1 cm³/mol. The predicted octanol–water partition coefficient (Wildman–Crippen LogP) is 2.87. The largest absolute Gasteiger partial charge is 0.372 e. The first-order valence-electron chi connectivity index (χ1n) is 6.75. The summed E-state index contributed by atoms with van der Waals surface area (Å²) in [5, 5.41) is 3.65. The average molecular weight is 211 g/mol. The van der Waals surface area contributed by atoms with E-state index in [0.717, 1.165) is 13.2 Å². The Morgan fingerprint density at radius 3 is 2.47 bits per heavy atom. The average Bonchev–Trinajstić information content (AvgIpc) is 2.24. The Balaban J connectivity index is 2.04. The first-order chi connectivity index (χ1) is 7.37.